The number of rotatable bonds is 7. The number of aromatic amines is 1. The van der Waals surface area contributed by atoms with Crippen LogP contribution in [-0.4, -0.2) is 59.1 Å². The summed E-state index contributed by atoms with van der Waals surface area (Å²) in [6, 6.07) is 5.85. The maximum Gasteiger partial charge on any atom is 0.331 e. The second-order valence-corrected chi connectivity index (χ2v) is 6.84. The molecule has 1 aromatic heterocycles. The summed E-state index contributed by atoms with van der Waals surface area (Å²) in [7, 11) is 1.25. The quantitative estimate of drug-likeness (QED) is 0.311. The molecule has 0 bridgehead atoms. The molecular formula is C21H22N4O5. The van der Waals surface area contributed by atoms with E-state index >= 15 is 0 Å². The molecule has 1 aliphatic heterocycles. The van der Waals surface area contributed by atoms with Crippen molar-refractivity contribution in [1.82, 2.24) is 15.2 Å². The molecule has 0 aliphatic carbocycles. The maximum atomic E-state index is 12.7. The van der Waals surface area contributed by atoms with Crippen LogP contribution < -0.4 is 5.32 Å². The molecule has 1 fully saturated rings. The van der Waals surface area contributed by atoms with Gasteiger partial charge in [0.05, 0.1) is 7.11 Å². The van der Waals surface area contributed by atoms with Crippen LogP contribution in [0.3, 0.4) is 0 Å². The number of fused-ring (bicyclic) bond motifs is 1. The summed E-state index contributed by atoms with van der Waals surface area (Å²) in [5.41, 5.74) is 1.88. The minimum atomic E-state index is -1.31. The van der Waals surface area contributed by atoms with E-state index in [1.807, 2.05) is 24.3 Å². The number of imide groups is 2. The lowest BCUT2D eigenvalue weighted by atomic mass is 9.98. The van der Waals surface area contributed by atoms with Crippen molar-refractivity contribution in [3.8, 4) is 0 Å². The van der Waals surface area contributed by atoms with Crippen molar-refractivity contribution in [1.29, 1.82) is 0 Å². The predicted octanol–water partition coefficient (Wildman–Crippen LogP) is 1.59. The molecule has 0 spiro atoms. The molecule has 3 rings (SSSR count). The van der Waals surface area contributed by atoms with Crippen LogP contribution in [0.2, 0.25) is 0 Å². The van der Waals surface area contributed by atoms with Crippen molar-refractivity contribution < 1.29 is 23.9 Å². The van der Waals surface area contributed by atoms with E-state index in [9.17, 15) is 19.2 Å². The molecular weight excluding hydrogens is 388 g/mol. The molecule has 2 heterocycles. The Morgan fingerprint density at radius 3 is 2.77 bits per heavy atom. The molecule has 1 unspecified atom stereocenters. The molecule has 9 heteroatoms. The summed E-state index contributed by atoms with van der Waals surface area (Å²) in [6.45, 7) is 4.95. The summed E-state index contributed by atoms with van der Waals surface area (Å²) in [4.78, 5) is 57.6. The van der Waals surface area contributed by atoms with Crippen molar-refractivity contribution in [2.24, 2.45) is 10.9 Å². The normalized spacial score (nSPS) is 18.3. The van der Waals surface area contributed by atoms with Crippen LogP contribution in [0.4, 0.5) is 4.79 Å². The third-order valence-corrected chi connectivity index (χ3v) is 4.90. The smallest absolute Gasteiger partial charge is 0.331 e. The number of carbonyl (C=O) groups is 4. The van der Waals surface area contributed by atoms with Gasteiger partial charge in [0.1, 0.15) is 0 Å². The average molecular weight is 410 g/mol. The number of nitrogens with one attached hydrogen (secondary N) is 2. The molecule has 2 aromatic rings. The van der Waals surface area contributed by atoms with Gasteiger partial charge in [-0.05, 0) is 18.6 Å². The van der Waals surface area contributed by atoms with Crippen LogP contribution >= 0.6 is 0 Å². The lowest BCUT2D eigenvalue weighted by Gasteiger charge is -2.29. The number of amides is 4. The Bertz CT molecular complexity index is 1050. The number of carbonyl (C=O) groups excluding carboxylic acids is 4. The molecule has 0 radical (unpaired) electrons. The van der Waals surface area contributed by atoms with Crippen LogP contribution in [0, 0.1) is 5.92 Å². The molecule has 1 saturated heterocycles. The topological polar surface area (TPSA) is 121 Å². The Morgan fingerprint density at radius 2 is 2.07 bits per heavy atom. The largest absolute Gasteiger partial charge is 0.467 e. The van der Waals surface area contributed by atoms with E-state index < -0.39 is 35.8 Å². The highest BCUT2D eigenvalue weighted by Crippen LogP contribution is 2.21. The van der Waals surface area contributed by atoms with E-state index in [1.165, 1.54) is 20.1 Å². The average Bonchev–Trinajstić information content (AvgIpc) is 3.12. The van der Waals surface area contributed by atoms with Crippen molar-refractivity contribution >= 4 is 40.4 Å². The third-order valence-electron chi connectivity index (χ3n) is 4.90. The molecule has 30 heavy (non-hydrogen) atoms. The Morgan fingerprint density at radius 1 is 1.33 bits per heavy atom. The van der Waals surface area contributed by atoms with Crippen molar-refractivity contribution in [3.63, 3.8) is 0 Å². The lowest BCUT2D eigenvalue weighted by Crippen LogP contribution is -2.59. The van der Waals surface area contributed by atoms with Gasteiger partial charge in [0.25, 0.3) is 0 Å². The Hall–Kier alpha value is -3.75. The highest BCUT2D eigenvalue weighted by atomic mass is 16.5. The first-order chi connectivity index (χ1) is 14.4. The zero-order chi connectivity index (χ0) is 21.8. The molecule has 0 saturated carbocycles. The van der Waals surface area contributed by atoms with Crippen LogP contribution in [0.15, 0.2) is 48.1 Å². The highest BCUT2D eigenvalue weighted by Gasteiger charge is 2.42. The monoisotopic (exact) mass is 410 g/mol. The number of barbiturate groups is 1. The van der Waals surface area contributed by atoms with Gasteiger partial charge in [0, 0.05) is 35.8 Å². The number of hydrogen-bond donors (Lipinski definition) is 2. The number of hydrogen-bond acceptors (Lipinski definition) is 6. The number of ether oxygens (including phenoxy) is 1. The number of para-hydroxylation sites is 1. The number of esters is 1. The van der Waals surface area contributed by atoms with Crippen LogP contribution in [0.5, 0.6) is 0 Å². The third kappa shape index (κ3) is 4.00. The van der Waals surface area contributed by atoms with E-state index in [-0.39, 0.29) is 18.7 Å². The summed E-state index contributed by atoms with van der Waals surface area (Å²) in [5, 5.41) is 3.08. The van der Waals surface area contributed by atoms with Crippen molar-refractivity contribution in [3.05, 3.63) is 48.7 Å². The fourth-order valence-electron chi connectivity index (χ4n) is 3.43. The van der Waals surface area contributed by atoms with Gasteiger partial charge in [-0.15, -0.1) is 6.58 Å². The maximum absolute atomic E-state index is 12.7. The first-order valence-electron chi connectivity index (χ1n) is 9.31. The Balaban J connectivity index is 1.91. The lowest BCUT2D eigenvalue weighted by molar-refractivity contribution is -0.142. The second kappa shape index (κ2) is 8.73. The number of urea groups is 1. The Labute approximate surface area is 172 Å². The highest BCUT2D eigenvalue weighted by molar-refractivity contribution is 6.27. The van der Waals surface area contributed by atoms with Gasteiger partial charge in [-0.3, -0.25) is 24.8 Å². The van der Waals surface area contributed by atoms with Gasteiger partial charge in [0.2, 0.25) is 11.8 Å². The minimum absolute atomic E-state index is 0.0442. The van der Waals surface area contributed by atoms with E-state index in [2.05, 4.69) is 21.9 Å². The van der Waals surface area contributed by atoms with Crippen LogP contribution in [0.1, 0.15) is 12.5 Å². The summed E-state index contributed by atoms with van der Waals surface area (Å²) in [6.07, 6.45) is 3.38. The Kier molecular flexibility index (Phi) is 6.10. The fourth-order valence-corrected chi connectivity index (χ4v) is 3.43. The van der Waals surface area contributed by atoms with Gasteiger partial charge >= 0.3 is 12.0 Å². The van der Waals surface area contributed by atoms with Gasteiger partial charge in [0.15, 0.2) is 12.0 Å². The summed E-state index contributed by atoms with van der Waals surface area (Å²) >= 11 is 0. The molecule has 1 aromatic carbocycles. The zero-order valence-electron chi connectivity index (χ0n) is 16.7. The van der Waals surface area contributed by atoms with E-state index in [0.717, 1.165) is 21.4 Å². The van der Waals surface area contributed by atoms with E-state index in [1.54, 1.807) is 6.20 Å². The molecule has 2 atom stereocenters. The van der Waals surface area contributed by atoms with Crippen LogP contribution in [-0.2, 0) is 25.5 Å². The molecule has 2 N–H and O–H groups in total. The zero-order valence-corrected chi connectivity index (χ0v) is 16.7. The van der Waals surface area contributed by atoms with E-state index in [0.29, 0.717) is 0 Å². The molecule has 4 amide bonds. The first kappa shape index (κ1) is 21.0. The number of benzene rings is 1. The predicted molar refractivity (Wildman–Crippen MR) is 110 cm³/mol. The van der Waals surface area contributed by atoms with Crippen LogP contribution in [0.25, 0.3) is 10.9 Å². The van der Waals surface area contributed by atoms with Gasteiger partial charge in [-0.1, -0.05) is 24.3 Å². The van der Waals surface area contributed by atoms with E-state index in [4.69, 9.17) is 4.74 Å². The fraction of sp³-hybridized carbons (Fsp3) is 0.286. The minimum Gasteiger partial charge on any atom is -0.467 e. The van der Waals surface area contributed by atoms with Crippen molar-refractivity contribution in [2.45, 2.75) is 19.4 Å². The van der Waals surface area contributed by atoms with Crippen molar-refractivity contribution in [2.75, 3.05) is 13.7 Å². The van der Waals surface area contributed by atoms with Gasteiger partial charge < -0.3 is 9.72 Å². The number of H-pyrrole nitrogens is 1. The molecule has 9 nitrogen and oxygen atoms in total. The number of nitrogens with zero attached hydrogens (tertiary/aromatic N) is 2. The van der Waals surface area contributed by atoms with Gasteiger partial charge in [-0.2, -0.15) is 0 Å². The standard InChI is InChI=1S/C21H22N4O5/c1-4-9-25-19(27)17(18(26)24-21(25)29)12(2)23-16(20(28)30-3)10-13-11-22-15-8-6-5-7-14(13)15/h4-8,11,16-17,22H,1,9-10H2,2-3H3,(H,24,26,29)/t16-,17?/m1/s1. The number of aromatic nitrogens is 1. The number of aliphatic imine (C=N–C) groups is 1. The molecule has 1 aliphatic rings. The second-order valence-electron chi connectivity index (χ2n) is 6.84. The van der Waals surface area contributed by atoms with Gasteiger partial charge in [-0.25, -0.2) is 9.59 Å². The first-order valence-corrected chi connectivity index (χ1v) is 9.31. The summed E-state index contributed by atoms with van der Waals surface area (Å²) < 4.78 is 4.87. The molecule has 156 valence electrons. The summed E-state index contributed by atoms with van der Waals surface area (Å²) in [5.74, 6) is -3.39. The SMILES string of the molecule is C=CCN1C(=O)NC(=O)C(C(C)=N[C@H](Cc2c[nH]c3ccccc23)C(=O)OC)C1=O. The number of methoxy groups -OCH3 is 1.